The van der Waals surface area contributed by atoms with E-state index in [1.165, 1.54) is 4.90 Å². The van der Waals surface area contributed by atoms with Gasteiger partial charge in [0, 0.05) is 54.2 Å². The summed E-state index contributed by atoms with van der Waals surface area (Å²) in [4.78, 5) is 19.0. The number of halogens is 1. The van der Waals surface area contributed by atoms with Gasteiger partial charge < -0.3 is 14.9 Å². The van der Waals surface area contributed by atoms with E-state index in [1.807, 2.05) is 24.4 Å². The highest BCUT2D eigenvalue weighted by molar-refractivity contribution is 9.10. The van der Waals surface area contributed by atoms with Gasteiger partial charge in [0.05, 0.1) is 17.3 Å². The van der Waals surface area contributed by atoms with E-state index < -0.39 is 6.09 Å². The van der Waals surface area contributed by atoms with E-state index in [1.54, 1.807) is 16.9 Å². The Morgan fingerprint density at radius 1 is 1.19 bits per heavy atom. The van der Waals surface area contributed by atoms with Crippen molar-refractivity contribution in [1.82, 2.24) is 19.5 Å². The van der Waals surface area contributed by atoms with Crippen molar-refractivity contribution >= 4 is 33.4 Å². The van der Waals surface area contributed by atoms with Crippen LogP contribution in [0.4, 0.5) is 10.6 Å². The minimum atomic E-state index is -0.878. The zero-order valence-electron chi connectivity index (χ0n) is 14.2. The van der Waals surface area contributed by atoms with Gasteiger partial charge in [-0.05, 0) is 34.1 Å². The Morgan fingerprint density at radius 3 is 2.59 bits per heavy atom. The number of amides is 1. The lowest BCUT2D eigenvalue weighted by Crippen LogP contribution is -2.48. The topological polar surface area (TPSA) is 97.8 Å². The molecule has 4 heterocycles. The fraction of sp³-hybridized carbons (Fsp3) is 0.222. The van der Waals surface area contributed by atoms with Crippen molar-refractivity contribution < 1.29 is 9.90 Å². The third kappa shape index (κ3) is 3.19. The lowest BCUT2D eigenvalue weighted by molar-refractivity contribution is 0.142. The quantitative estimate of drug-likeness (QED) is 0.676. The number of aromatic nitrogens is 3. The molecule has 0 bridgehead atoms. The monoisotopic (exact) mass is 426 g/mol. The molecular formula is C18H15BrN6O2. The predicted molar refractivity (Wildman–Crippen MR) is 103 cm³/mol. The summed E-state index contributed by atoms with van der Waals surface area (Å²) in [6.07, 6.45) is 4.32. The fourth-order valence-electron chi connectivity index (χ4n) is 3.18. The van der Waals surface area contributed by atoms with E-state index in [9.17, 15) is 4.79 Å². The molecule has 0 unspecified atom stereocenters. The number of hydrogen-bond acceptors (Lipinski definition) is 5. The Hall–Kier alpha value is -3.12. The molecular weight excluding hydrogens is 412 g/mol. The van der Waals surface area contributed by atoms with Gasteiger partial charge in [-0.3, -0.25) is 0 Å². The van der Waals surface area contributed by atoms with Gasteiger partial charge >= 0.3 is 6.09 Å². The largest absolute Gasteiger partial charge is 0.465 e. The Labute approximate surface area is 163 Å². The van der Waals surface area contributed by atoms with E-state index in [2.05, 4.69) is 37.0 Å². The molecule has 3 aromatic rings. The van der Waals surface area contributed by atoms with Crippen LogP contribution in [0.25, 0.3) is 16.6 Å². The van der Waals surface area contributed by atoms with Crippen LogP contribution in [0, 0.1) is 11.3 Å². The Balaban J connectivity index is 1.57. The number of carbonyl (C=O) groups is 1. The Bertz CT molecular complexity index is 1050. The molecule has 136 valence electrons. The lowest BCUT2D eigenvalue weighted by atomic mass is 10.1. The number of anilines is 1. The summed E-state index contributed by atoms with van der Waals surface area (Å²) in [5, 5.41) is 22.4. The zero-order valence-corrected chi connectivity index (χ0v) is 15.8. The molecule has 27 heavy (non-hydrogen) atoms. The van der Waals surface area contributed by atoms with Crippen LogP contribution in [0.2, 0.25) is 0 Å². The van der Waals surface area contributed by atoms with E-state index in [0.717, 1.165) is 26.9 Å². The molecule has 0 saturated carbocycles. The second-order valence-electron chi connectivity index (χ2n) is 6.20. The average molecular weight is 427 g/mol. The second-order valence-corrected chi connectivity index (χ2v) is 7.06. The van der Waals surface area contributed by atoms with Gasteiger partial charge in [-0.25, -0.2) is 14.3 Å². The molecule has 1 aliphatic rings. The molecule has 0 radical (unpaired) electrons. The molecule has 0 aliphatic carbocycles. The van der Waals surface area contributed by atoms with Gasteiger partial charge in [0.15, 0.2) is 0 Å². The van der Waals surface area contributed by atoms with Gasteiger partial charge in [0.2, 0.25) is 0 Å². The maximum atomic E-state index is 11.0. The highest BCUT2D eigenvalue weighted by Gasteiger charge is 2.21. The third-order valence-electron chi connectivity index (χ3n) is 4.64. The molecule has 9 heteroatoms. The highest BCUT2D eigenvalue weighted by atomic mass is 79.9. The Kier molecular flexibility index (Phi) is 4.41. The molecule has 0 atom stereocenters. The summed E-state index contributed by atoms with van der Waals surface area (Å²) in [7, 11) is 0. The van der Waals surface area contributed by atoms with Crippen LogP contribution >= 0.6 is 15.9 Å². The van der Waals surface area contributed by atoms with Crippen molar-refractivity contribution in [2.45, 2.75) is 0 Å². The van der Waals surface area contributed by atoms with Gasteiger partial charge in [-0.2, -0.15) is 10.4 Å². The summed E-state index contributed by atoms with van der Waals surface area (Å²) >= 11 is 3.52. The van der Waals surface area contributed by atoms with Crippen molar-refractivity contribution in [3.8, 4) is 17.2 Å². The predicted octanol–water partition coefficient (Wildman–Crippen LogP) is 2.83. The molecule has 8 nitrogen and oxygen atoms in total. The van der Waals surface area contributed by atoms with E-state index in [4.69, 9.17) is 10.4 Å². The maximum Gasteiger partial charge on any atom is 0.407 e. The third-order valence-corrected chi connectivity index (χ3v) is 5.25. The molecule has 0 spiro atoms. The lowest BCUT2D eigenvalue weighted by Gasteiger charge is -2.33. The van der Waals surface area contributed by atoms with Crippen LogP contribution in [0.1, 0.15) is 5.56 Å². The van der Waals surface area contributed by atoms with Gasteiger partial charge in [0.25, 0.3) is 0 Å². The molecule has 1 aliphatic heterocycles. The number of hydrogen-bond donors (Lipinski definition) is 1. The number of nitrogens with zero attached hydrogens (tertiary/aromatic N) is 6. The van der Waals surface area contributed by atoms with Crippen molar-refractivity contribution in [3.63, 3.8) is 0 Å². The summed E-state index contributed by atoms with van der Waals surface area (Å²) in [5.74, 6) is 0.829. The maximum absolute atomic E-state index is 11.0. The van der Waals surface area contributed by atoms with Crippen LogP contribution < -0.4 is 4.90 Å². The first kappa shape index (κ1) is 17.3. The molecule has 1 saturated heterocycles. The number of piperazine rings is 1. The van der Waals surface area contributed by atoms with Crippen LogP contribution in [0.3, 0.4) is 0 Å². The van der Waals surface area contributed by atoms with Crippen LogP contribution in [0.15, 0.2) is 41.3 Å². The van der Waals surface area contributed by atoms with Crippen LogP contribution in [-0.4, -0.2) is 56.9 Å². The standard InChI is InChI=1S/C18H15BrN6O2/c19-15-7-13(11-25-17(15)14(8-20)10-22-25)12-1-2-16(21-9-12)23-3-5-24(6-4-23)18(26)27/h1-2,7,9-11H,3-6H2,(H,26,27). The summed E-state index contributed by atoms with van der Waals surface area (Å²) < 4.78 is 2.47. The molecule has 4 rings (SSSR count). The number of carboxylic acid groups (broad SMARTS) is 1. The minimum Gasteiger partial charge on any atom is -0.465 e. The molecule has 0 aromatic carbocycles. The summed E-state index contributed by atoms with van der Waals surface area (Å²) in [6.45, 7) is 2.20. The van der Waals surface area contributed by atoms with Gasteiger partial charge in [-0.1, -0.05) is 0 Å². The van der Waals surface area contributed by atoms with Crippen molar-refractivity contribution in [1.29, 1.82) is 5.26 Å². The van der Waals surface area contributed by atoms with E-state index in [-0.39, 0.29) is 0 Å². The highest BCUT2D eigenvalue weighted by Crippen LogP contribution is 2.28. The fourth-order valence-corrected chi connectivity index (χ4v) is 3.82. The first-order chi connectivity index (χ1) is 13.1. The van der Waals surface area contributed by atoms with E-state index >= 15 is 0 Å². The second kappa shape index (κ2) is 6.89. The first-order valence-corrected chi connectivity index (χ1v) is 9.12. The number of rotatable bonds is 2. The molecule has 1 N–H and O–H groups in total. The summed E-state index contributed by atoms with van der Waals surface area (Å²) in [6, 6.07) is 8.00. The van der Waals surface area contributed by atoms with Crippen LogP contribution in [0.5, 0.6) is 0 Å². The van der Waals surface area contributed by atoms with Crippen molar-refractivity contribution in [3.05, 3.63) is 46.8 Å². The van der Waals surface area contributed by atoms with Crippen molar-refractivity contribution in [2.24, 2.45) is 0 Å². The van der Waals surface area contributed by atoms with Crippen molar-refractivity contribution in [2.75, 3.05) is 31.1 Å². The first-order valence-electron chi connectivity index (χ1n) is 8.33. The smallest absolute Gasteiger partial charge is 0.407 e. The average Bonchev–Trinajstić information content (AvgIpc) is 3.12. The zero-order chi connectivity index (χ0) is 19.0. The molecule has 1 amide bonds. The number of nitriles is 1. The Morgan fingerprint density at radius 2 is 1.96 bits per heavy atom. The SMILES string of the molecule is N#Cc1cnn2cc(-c3ccc(N4CCN(C(=O)O)CC4)nc3)cc(Br)c12. The van der Waals surface area contributed by atoms with Gasteiger partial charge in [0.1, 0.15) is 11.9 Å². The summed E-state index contributed by atoms with van der Waals surface area (Å²) in [5.41, 5.74) is 3.11. The molecule has 3 aromatic heterocycles. The minimum absolute atomic E-state index is 0.475. The normalized spacial score (nSPS) is 14.4. The van der Waals surface area contributed by atoms with E-state index in [0.29, 0.717) is 31.7 Å². The van der Waals surface area contributed by atoms with Gasteiger partial charge in [-0.15, -0.1) is 0 Å². The molecule has 1 fully saturated rings. The number of fused-ring (bicyclic) bond motifs is 1. The number of pyridine rings is 2. The van der Waals surface area contributed by atoms with Crippen LogP contribution in [-0.2, 0) is 0 Å².